The number of hydrogen-bond donors (Lipinski definition) is 0. The normalized spacial score (nSPS) is 16.1. The van der Waals surface area contributed by atoms with Crippen LogP contribution in [-0.2, 0) is 11.3 Å². The van der Waals surface area contributed by atoms with E-state index < -0.39 is 0 Å². The maximum absolute atomic E-state index is 11.5. The molecule has 0 spiro atoms. The van der Waals surface area contributed by atoms with Crippen LogP contribution in [0.3, 0.4) is 0 Å². The average Bonchev–Trinajstić information content (AvgIpc) is 2.94. The number of aromatic nitrogens is 2. The Morgan fingerprint density at radius 1 is 1.32 bits per heavy atom. The van der Waals surface area contributed by atoms with E-state index in [0.29, 0.717) is 11.8 Å². The molecule has 0 unspecified atom stereocenters. The van der Waals surface area contributed by atoms with Crippen LogP contribution in [0.5, 0.6) is 0 Å². The van der Waals surface area contributed by atoms with Gasteiger partial charge >= 0.3 is 0 Å². The van der Waals surface area contributed by atoms with Gasteiger partial charge in [0.15, 0.2) is 0 Å². The lowest BCUT2D eigenvalue weighted by Crippen LogP contribution is -2.38. The molecule has 1 fully saturated rings. The predicted octanol–water partition coefficient (Wildman–Crippen LogP) is 4.53. The largest absolute Gasteiger partial charge is 0.343 e. The first-order valence-electron chi connectivity index (χ1n) is 9.38. The molecule has 1 saturated heterocycles. The van der Waals surface area contributed by atoms with E-state index in [9.17, 15) is 4.79 Å². The van der Waals surface area contributed by atoms with Crippen LogP contribution in [0.4, 0.5) is 0 Å². The van der Waals surface area contributed by atoms with Gasteiger partial charge in [0, 0.05) is 37.4 Å². The van der Waals surface area contributed by atoms with Crippen molar-refractivity contribution in [2.45, 2.75) is 57.9 Å². The molecule has 2 heterocycles. The van der Waals surface area contributed by atoms with Crippen molar-refractivity contribution in [1.29, 1.82) is 0 Å². The molecule has 0 atom stereocenters. The zero-order chi connectivity index (χ0) is 18.0. The molecule has 1 aromatic carbocycles. The van der Waals surface area contributed by atoms with Gasteiger partial charge in [-0.25, -0.2) is 4.98 Å². The van der Waals surface area contributed by atoms with Gasteiger partial charge in [0.2, 0.25) is 5.91 Å². The molecular weight excluding hydrogens is 330 g/mol. The molecule has 0 bridgehead atoms. The van der Waals surface area contributed by atoms with Crippen LogP contribution in [0, 0.1) is 5.92 Å². The molecule has 1 aromatic heterocycles. The summed E-state index contributed by atoms with van der Waals surface area (Å²) in [7, 11) is 0. The number of fused-ring (bicyclic) bond motifs is 1. The summed E-state index contributed by atoms with van der Waals surface area (Å²) in [5.41, 5.74) is 2.36. The van der Waals surface area contributed by atoms with Crippen LogP contribution < -0.4 is 0 Å². The first-order chi connectivity index (χ1) is 12.0. The lowest BCUT2D eigenvalue weighted by atomic mass is 9.96. The molecular formula is C20H29N3OS. The van der Waals surface area contributed by atoms with E-state index in [1.807, 2.05) is 16.7 Å². The second-order valence-electron chi connectivity index (χ2n) is 7.27. The molecule has 1 aliphatic heterocycles. The summed E-state index contributed by atoms with van der Waals surface area (Å²) in [4.78, 5) is 19.8. The number of amides is 1. The maximum atomic E-state index is 11.5. The number of benzene rings is 1. The zero-order valence-electron chi connectivity index (χ0n) is 15.8. The van der Waals surface area contributed by atoms with Crippen molar-refractivity contribution >= 4 is 28.7 Å². The van der Waals surface area contributed by atoms with Gasteiger partial charge in [-0.05, 0) is 42.7 Å². The molecule has 1 aliphatic rings. The van der Waals surface area contributed by atoms with Gasteiger partial charge in [-0.1, -0.05) is 20.8 Å². The Hall–Kier alpha value is -1.49. The zero-order valence-corrected chi connectivity index (χ0v) is 16.6. The van der Waals surface area contributed by atoms with Crippen LogP contribution in [0.2, 0.25) is 0 Å². The molecule has 5 heteroatoms. The Morgan fingerprint density at radius 3 is 2.64 bits per heavy atom. The number of rotatable bonds is 5. The van der Waals surface area contributed by atoms with E-state index >= 15 is 0 Å². The minimum absolute atomic E-state index is 0.204. The van der Waals surface area contributed by atoms with Crippen molar-refractivity contribution in [2.24, 2.45) is 5.92 Å². The number of carbonyl (C=O) groups is 1. The third-order valence-electron chi connectivity index (χ3n) is 5.08. The van der Waals surface area contributed by atoms with Crippen molar-refractivity contribution in [3.05, 3.63) is 24.0 Å². The number of nitrogens with zero attached hydrogens (tertiary/aromatic N) is 3. The predicted molar refractivity (Wildman–Crippen MR) is 105 cm³/mol. The van der Waals surface area contributed by atoms with Crippen LogP contribution in [-0.4, -0.2) is 39.2 Å². The van der Waals surface area contributed by atoms with Crippen molar-refractivity contribution in [1.82, 2.24) is 14.5 Å². The fourth-order valence-electron chi connectivity index (χ4n) is 3.71. The highest BCUT2D eigenvalue weighted by atomic mass is 32.2. The average molecular weight is 360 g/mol. The molecule has 3 rings (SSSR count). The van der Waals surface area contributed by atoms with Crippen LogP contribution in [0.1, 0.15) is 52.3 Å². The highest BCUT2D eigenvalue weighted by Gasteiger charge is 2.23. The molecule has 0 radical (unpaired) electrons. The number of imidazole rings is 1. The summed E-state index contributed by atoms with van der Waals surface area (Å²) in [5.74, 6) is 3.50. The monoisotopic (exact) mass is 359 g/mol. The van der Waals surface area contributed by atoms with E-state index in [-0.39, 0.29) is 5.91 Å². The van der Waals surface area contributed by atoms with E-state index in [1.165, 1.54) is 16.2 Å². The number of likely N-dealkylation sites (tertiary alicyclic amines) is 1. The Balaban J connectivity index is 1.84. The standard InChI is InChI=1S/C20H29N3OS/c1-5-25-17-6-7-19-18(12-17)21-20(14(2)3)23(19)13-16-8-10-22(11-9-16)15(4)24/h6-7,12,14,16H,5,8-11,13H2,1-4H3. The molecule has 1 amide bonds. The van der Waals surface area contributed by atoms with E-state index in [2.05, 4.69) is 43.5 Å². The molecule has 0 aliphatic carbocycles. The van der Waals surface area contributed by atoms with Crippen LogP contribution in [0.15, 0.2) is 23.1 Å². The van der Waals surface area contributed by atoms with Gasteiger partial charge in [-0.3, -0.25) is 4.79 Å². The highest BCUT2D eigenvalue weighted by Crippen LogP contribution is 2.29. The van der Waals surface area contributed by atoms with Crippen LogP contribution in [0.25, 0.3) is 11.0 Å². The number of carbonyl (C=O) groups excluding carboxylic acids is 1. The molecule has 136 valence electrons. The van der Waals surface area contributed by atoms with E-state index in [4.69, 9.17) is 4.98 Å². The fourth-order valence-corrected chi connectivity index (χ4v) is 4.40. The highest BCUT2D eigenvalue weighted by molar-refractivity contribution is 7.99. The molecule has 25 heavy (non-hydrogen) atoms. The minimum atomic E-state index is 0.204. The quantitative estimate of drug-likeness (QED) is 0.736. The van der Waals surface area contributed by atoms with Gasteiger partial charge in [0.1, 0.15) is 5.82 Å². The lowest BCUT2D eigenvalue weighted by Gasteiger charge is -2.32. The van der Waals surface area contributed by atoms with Crippen molar-refractivity contribution in [2.75, 3.05) is 18.8 Å². The van der Waals surface area contributed by atoms with Crippen molar-refractivity contribution in [3.8, 4) is 0 Å². The smallest absolute Gasteiger partial charge is 0.219 e. The van der Waals surface area contributed by atoms with Gasteiger partial charge in [0.05, 0.1) is 11.0 Å². The summed E-state index contributed by atoms with van der Waals surface area (Å²) in [6.07, 6.45) is 2.17. The summed E-state index contributed by atoms with van der Waals surface area (Å²) in [5, 5.41) is 0. The summed E-state index contributed by atoms with van der Waals surface area (Å²) >= 11 is 1.87. The lowest BCUT2D eigenvalue weighted by molar-refractivity contribution is -0.130. The molecule has 4 nitrogen and oxygen atoms in total. The third kappa shape index (κ3) is 4.02. The third-order valence-corrected chi connectivity index (χ3v) is 5.95. The summed E-state index contributed by atoms with van der Waals surface area (Å²) in [6, 6.07) is 6.68. The number of thioether (sulfide) groups is 1. The Kier molecular flexibility index (Phi) is 5.72. The molecule has 0 saturated carbocycles. The Labute approximate surface area is 155 Å². The maximum Gasteiger partial charge on any atom is 0.219 e. The Morgan fingerprint density at radius 2 is 2.04 bits per heavy atom. The van der Waals surface area contributed by atoms with Crippen molar-refractivity contribution in [3.63, 3.8) is 0 Å². The van der Waals surface area contributed by atoms with E-state index in [0.717, 1.165) is 43.7 Å². The van der Waals surface area contributed by atoms with Gasteiger partial charge in [0.25, 0.3) is 0 Å². The van der Waals surface area contributed by atoms with Crippen LogP contribution >= 0.6 is 11.8 Å². The first kappa shape index (κ1) is 18.3. The van der Waals surface area contributed by atoms with Gasteiger partial charge < -0.3 is 9.47 Å². The van der Waals surface area contributed by atoms with E-state index in [1.54, 1.807) is 6.92 Å². The number of hydrogen-bond acceptors (Lipinski definition) is 3. The first-order valence-corrected chi connectivity index (χ1v) is 10.4. The summed E-state index contributed by atoms with van der Waals surface area (Å²) < 4.78 is 2.43. The topological polar surface area (TPSA) is 38.1 Å². The second-order valence-corrected chi connectivity index (χ2v) is 8.61. The van der Waals surface area contributed by atoms with Crippen molar-refractivity contribution < 1.29 is 4.79 Å². The number of piperidine rings is 1. The van der Waals surface area contributed by atoms with Gasteiger partial charge in [-0.2, -0.15) is 0 Å². The van der Waals surface area contributed by atoms with Gasteiger partial charge in [-0.15, -0.1) is 11.8 Å². The minimum Gasteiger partial charge on any atom is -0.343 e. The Bertz CT molecular complexity index is 745. The molecule has 2 aromatic rings. The SMILES string of the molecule is CCSc1ccc2c(c1)nc(C(C)C)n2CC1CCN(C(C)=O)CC1. The second kappa shape index (κ2) is 7.81. The molecule has 0 N–H and O–H groups in total. The summed E-state index contributed by atoms with van der Waals surface area (Å²) in [6.45, 7) is 11.1. The fraction of sp³-hybridized carbons (Fsp3) is 0.600.